The molecule has 3 nitrogen and oxygen atoms in total. The van der Waals surface area contributed by atoms with Crippen molar-refractivity contribution in [1.82, 2.24) is 5.43 Å². The Kier molecular flexibility index (Phi) is 5.27. The first-order valence-corrected chi connectivity index (χ1v) is 9.44. The second-order valence-corrected chi connectivity index (χ2v) is 6.94. The number of nitrogens with zero attached hydrogens (tertiary/aromatic N) is 1. The van der Waals surface area contributed by atoms with Gasteiger partial charge in [-0.1, -0.05) is 60.1 Å². The molecule has 0 saturated carbocycles. The van der Waals surface area contributed by atoms with Crippen LogP contribution in [0.2, 0.25) is 5.02 Å². The van der Waals surface area contributed by atoms with Crippen LogP contribution in [0.3, 0.4) is 0 Å². The summed E-state index contributed by atoms with van der Waals surface area (Å²) in [5, 5.41) is 2.71. The van der Waals surface area contributed by atoms with Crippen LogP contribution in [0, 0.1) is 0 Å². The van der Waals surface area contributed by atoms with Gasteiger partial charge in [-0.2, -0.15) is 0 Å². The average molecular weight is 387 g/mol. The van der Waals surface area contributed by atoms with Gasteiger partial charge in [-0.05, 0) is 60.2 Å². The Morgan fingerprint density at radius 2 is 1.54 bits per heavy atom. The van der Waals surface area contributed by atoms with Crippen molar-refractivity contribution in [3.63, 3.8) is 0 Å². The molecule has 0 saturated heterocycles. The Hall–Kier alpha value is -3.30. The number of ketones is 1. The minimum absolute atomic E-state index is 0.0360. The minimum Gasteiger partial charge on any atom is -0.298 e. The number of hydrogen-bond acceptors (Lipinski definition) is 3. The van der Waals surface area contributed by atoms with Gasteiger partial charge in [-0.15, -0.1) is 0 Å². The summed E-state index contributed by atoms with van der Waals surface area (Å²) >= 11 is 5.89. The van der Waals surface area contributed by atoms with Crippen LogP contribution in [0.25, 0.3) is 0 Å². The topological polar surface area (TPSA) is 32.3 Å². The first-order chi connectivity index (χ1) is 13.7. The molecular formula is C24H19ClN2O. The molecule has 28 heavy (non-hydrogen) atoms. The molecule has 0 unspecified atom stereocenters. The van der Waals surface area contributed by atoms with Crippen molar-refractivity contribution >= 4 is 23.1 Å². The van der Waals surface area contributed by atoms with Crippen molar-refractivity contribution in [1.29, 1.82) is 0 Å². The maximum absolute atomic E-state index is 12.4. The lowest BCUT2D eigenvalue weighted by Gasteiger charge is -2.27. The number of rotatable bonds is 5. The van der Waals surface area contributed by atoms with E-state index in [-0.39, 0.29) is 11.8 Å². The summed E-state index contributed by atoms with van der Waals surface area (Å²) in [6.45, 7) is 0. The van der Waals surface area contributed by atoms with Gasteiger partial charge < -0.3 is 0 Å². The molecule has 1 N–H and O–H groups in total. The van der Waals surface area contributed by atoms with Gasteiger partial charge in [0.1, 0.15) is 0 Å². The van der Waals surface area contributed by atoms with Crippen molar-refractivity contribution in [3.8, 4) is 0 Å². The van der Waals surface area contributed by atoms with Crippen LogP contribution in [-0.4, -0.2) is 5.78 Å². The largest absolute Gasteiger partial charge is 0.298 e. The van der Waals surface area contributed by atoms with Gasteiger partial charge in [-0.25, -0.2) is 0 Å². The molecule has 1 aliphatic heterocycles. The summed E-state index contributed by atoms with van der Waals surface area (Å²) in [6.07, 6.45) is 5.52. The van der Waals surface area contributed by atoms with Gasteiger partial charge in [0.2, 0.25) is 0 Å². The molecule has 0 bridgehead atoms. The van der Waals surface area contributed by atoms with E-state index in [4.69, 9.17) is 11.6 Å². The van der Waals surface area contributed by atoms with E-state index in [1.807, 2.05) is 42.5 Å². The number of para-hydroxylation sites is 1. The lowest BCUT2D eigenvalue weighted by Crippen LogP contribution is -2.34. The van der Waals surface area contributed by atoms with Crippen molar-refractivity contribution < 1.29 is 4.79 Å². The second-order valence-electron chi connectivity index (χ2n) is 6.50. The van der Waals surface area contributed by atoms with Crippen LogP contribution in [0.1, 0.15) is 22.0 Å². The number of anilines is 1. The fraction of sp³-hybridized carbons (Fsp3) is 0.0417. The van der Waals surface area contributed by atoms with Crippen LogP contribution in [-0.2, 0) is 0 Å². The van der Waals surface area contributed by atoms with Crippen molar-refractivity contribution in [2.24, 2.45) is 0 Å². The monoisotopic (exact) mass is 386 g/mol. The molecule has 0 fully saturated rings. The zero-order chi connectivity index (χ0) is 19.3. The van der Waals surface area contributed by atoms with E-state index in [0.29, 0.717) is 10.6 Å². The maximum atomic E-state index is 12.4. The Bertz CT molecular complexity index is 1010. The average Bonchev–Trinajstić information content (AvgIpc) is 3.18. The molecule has 1 aliphatic rings. The maximum Gasteiger partial charge on any atom is 0.185 e. The Morgan fingerprint density at radius 3 is 2.21 bits per heavy atom. The van der Waals surface area contributed by atoms with Crippen molar-refractivity contribution in [2.75, 3.05) is 5.01 Å². The van der Waals surface area contributed by atoms with Gasteiger partial charge in [0.25, 0.3) is 0 Å². The Balaban J connectivity index is 1.59. The predicted octanol–water partition coefficient (Wildman–Crippen LogP) is 5.73. The van der Waals surface area contributed by atoms with E-state index in [1.54, 1.807) is 30.3 Å². The first-order valence-electron chi connectivity index (χ1n) is 9.06. The summed E-state index contributed by atoms with van der Waals surface area (Å²) in [5.41, 5.74) is 7.12. The van der Waals surface area contributed by atoms with E-state index >= 15 is 0 Å². The summed E-state index contributed by atoms with van der Waals surface area (Å²) < 4.78 is 0. The van der Waals surface area contributed by atoms with Crippen LogP contribution in [0.4, 0.5) is 5.69 Å². The molecular weight excluding hydrogens is 368 g/mol. The molecule has 4 heteroatoms. The standard InChI is InChI=1S/C24H19ClN2O/c25-20-13-11-19(12-14-20)24(28)16-15-21-17-23(18-7-3-1-4-8-18)27(26-21)22-9-5-2-6-10-22/h1-17,23,26H/t23-/m1/s1. The highest BCUT2D eigenvalue weighted by Gasteiger charge is 2.25. The fourth-order valence-electron chi connectivity index (χ4n) is 3.17. The molecule has 0 aliphatic carbocycles. The van der Waals surface area contributed by atoms with E-state index in [2.05, 4.69) is 40.8 Å². The third kappa shape index (κ3) is 4.00. The van der Waals surface area contributed by atoms with E-state index in [0.717, 1.165) is 11.4 Å². The van der Waals surface area contributed by atoms with Crippen LogP contribution >= 0.6 is 11.6 Å². The molecule has 1 atom stereocenters. The van der Waals surface area contributed by atoms with Gasteiger partial charge in [0.15, 0.2) is 5.78 Å². The van der Waals surface area contributed by atoms with Crippen LogP contribution in [0.5, 0.6) is 0 Å². The van der Waals surface area contributed by atoms with Crippen LogP contribution < -0.4 is 10.4 Å². The lowest BCUT2D eigenvalue weighted by molar-refractivity contribution is 0.104. The molecule has 3 aromatic rings. The molecule has 138 valence electrons. The van der Waals surface area contributed by atoms with Gasteiger partial charge in [0, 0.05) is 10.6 Å². The van der Waals surface area contributed by atoms with Crippen LogP contribution in [0.15, 0.2) is 109 Å². The number of nitrogens with one attached hydrogen (secondary N) is 1. The minimum atomic E-state index is -0.0613. The highest BCUT2D eigenvalue weighted by atomic mass is 35.5. The summed E-state index contributed by atoms with van der Waals surface area (Å²) in [5.74, 6) is -0.0613. The molecule has 3 aromatic carbocycles. The van der Waals surface area contributed by atoms with Crippen molar-refractivity contribution in [2.45, 2.75) is 6.04 Å². The number of allylic oxidation sites excluding steroid dienone is 2. The van der Waals surface area contributed by atoms with Gasteiger partial charge >= 0.3 is 0 Å². The molecule has 0 radical (unpaired) electrons. The Labute approximate surface area is 169 Å². The third-order valence-corrected chi connectivity index (χ3v) is 4.84. The SMILES string of the molecule is O=C(C=CC1=C[C@H](c2ccccc2)N(c2ccccc2)N1)c1ccc(Cl)cc1. The van der Waals surface area contributed by atoms with E-state index in [1.165, 1.54) is 5.56 Å². The number of carbonyl (C=O) groups is 1. The zero-order valence-electron chi connectivity index (χ0n) is 15.1. The molecule has 4 rings (SSSR count). The highest BCUT2D eigenvalue weighted by Crippen LogP contribution is 2.32. The lowest BCUT2D eigenvalue weighted by atomic mass is 10.1. The van der Waals surface area contributed by atoms with Gasteiger partial charge in [-0.3, -0.25) is 15.2 Å². The summed E-state index contributed by atoms with van der Waals surface area (Å²) in [7, 11) is 0. The number of carbonyl (C=O) groups excluding carboxylic acids is 1. The predicted molar refractivity (Wildman–Crippen MR) is 114 cm³/mol. The molecule has 0 amide bonds. The third-order valence-electron chi connectivity index (χ3n) is 4.58. The van der Waals surface area contributed by atoms with Crippen molar-refractivity contribution in [3.05, 3.63) is 125 Å². The van der Waals surface area contributed by atoms with E-state index in [9.17, 15) is 4.79 Å². The fourth-order valence-corrected chi connectivity index (χ4v) is 3.29. The normalized spacial score (nSPS) is 16.1. The molecule has 1 heterocycles. The second kappa shape index (κ2) is 8.15. The number of hydrogen-bond donors (Lipinski definition) is 1. The quantitative estimate of drug-likeness (QED) is 0.449. The van der Waals surface area contributed by atoms with E-state index < -0.39 is 0 Å². The number of hydrazine groups is 1. The van der Waals surface area contributed by atoms with Gasteiger partial charge in [0.05, 0.1) is 17.4 Å². The smallest absolute Gasteiger partial charge is 0.185 e. The number of benzene rings is 3. The number of halogens is 1. The highest BCUT2D eigenvalue weighted by molar-refractivity contribution is 6.30. The summed E-state index contributed by atoms with van der Waals surface area (Å²) in [6, 6.07) is 27.3. The Morgan fingerprint density at radius 1 is 0.893 bits per heavy atom. The molecule has 0 aromatic heterocycles. The summed E-state index contributed by atoms with van der Waals surface area (Å²) in [4.78, 5) is 12.4. The molecule has 0 spiro atoms. The first kappa shape index (κ1) is 18.1. The zero-order valence-corrected chi connectivity index (χ0v) is 15.9.